The van der Waals surface area contributed by atoms with Gasteiger partial charge in [0.15, 0.2) is 5.76 Å². The van der Waals surface area contributed by atoms with Gasteiger partial charge < -0.3 is 9.42 Å². The van der Waals surface area contributed by atoms with E-state index in [9.17, 15) is 4.39 Å². The van der Waals surface area contributed by atoms with Crippen LogP contribution < -0.4 is 0 Å². The number of pyridine rings is 1. The molecule has 0 bridgehead atoms. The fourth-order valence-corrected chi connectivity index (χ4v) is 2.34. The normalized spacial score (nSPS) is 11.1. The summed E-state index contributed by atoms with van der Waals surface area (Å²) in [7, 11) is 3.92. The number of rotatable bonds is 4. The maximum Gasteiger partial charge on any atom is 0.159 e. The predicted molar refractivity (Wildman–Crippen MR) is 82.5 cm³/mol. The molecule has 0 fully saturated rings. The topological polar surface area (TPSA) is 42.2 Å². The Morgan fingerprint density at radius 1 is 1.00 bits per heavy atom. The lowest BCUT2D eigenvalue weighted by Gasteiger charge is -2.09. The monoisotopic (exact) mass is 297 g/mol. The summed E-state index contributed by atoms with van der Waals surface area (Å²) in [4.78, 5) is 6.03. The van der Waals surface area contributed by atoms with Crippen LogP contribution in [0.4, 0.5) is 4.39 Å². The van der Waals surface area contributed by atoms with E-state index < -0.39 is 0 Å². The third-order valence-corrected chi connectivity index (χ3v) is 3.31. The zero-order valence-electron chi connectivity index (χ0n) is 12.5. The Hall–Kier alpha value is -2.53. The Bertz CT molecular complexity index is 751. The Morgan fingerprint density at radius 2 is 1.68 bits per heavy atom. The maximum absolute atomic E-state index is 13.2. The van der Waals surface area contributed by atoms with Gasteiger partial charge in [-0.15, -0.1) is 0 Å². The summed E-state index contributed by atoms with van der Waals surface area (Å²) in [6.45, 7) is 0.616. The zero-order chi connectivity index (χ0) is 15.5. The van der Waals surface area contributed by atoms with Crippen LogP contribution in [0.5, 0.6) is 0 Å². The van der Waals surface area contributed by atoms with Crippen LogP contribution >= 0.6 is 0 Å². The van der Waals surface area contributed by atoms with Gasteiger partial charge in [0.1, 0.15) is 11.5 Å². The molecular weight excluding hydrogens is 281 g/mol. The first-order valence-corrected chi connectivity index (χ1v) is 6.95. The van der Waals surface area contributed by atoms with Crippen LogP contribution in [0.2, 0.25) is 0 Å². The molecule has 0 aliphatic heterocycles. The lowest BCUT2D eigenvalue weighted by molar-refractivity contribution is 0.311. The summed E-state index contributed by atoms with van der Waals surface area (Å²) in [6, 6.07) is 10.1. The molecule has 0 amide bonds. The van der Waals surface area contributed by atoms with E-state index in [4.69, 9.17) is 4.52 Å². The van der Waals surface area contributed by atoms with Gasteiger partial charge in [0.2, 0.25) is 0 Å². The highest BCUT2D eigenvalue weighted by atomic mass is 19.1. The van der Waals surface area contributed by atoms with E-state index in [1.165, 1.54) is 12.1 Å². The second kappa shape index (κ2) is 6.07. The number of benzene rings is 1. The van der Waals surface area contributed by atoms with Crippen LogP contribution in [0.1, 0.15) is 5.76 Å². The fourth-order valence-electron chi connectivity index (χ4n) is 2.34. The smallest absolute Gasteiger partial charge is 0.159 e. The fraction of sp³-hybridized carbons (Fsp3) is 0.176. The van der Waals surface area contributed by atoms with Crippen LogP contribution in [0, 0.1) is 5.82 Å². The highest BCUT2D eigenvalue weighted by molar-refractivity contribution is 5.81. The molecule has 0 N–H and O–H groups in total. The number of halogens is 1. The second-order valence-electron chi connectivity index (χ2n) is 5.31. The molecule has 1 aromatic carbocycles. The summed E-state index contributed by atoms with van der Waals surface area (Å²) < 4.78 is 18.7. The molecule has 0 spiro atoms. The van der Waals surface area contributed by atoms with Crippen molar-refractivity contribution in [3.8, 4) is 22.4 Å². The lowest BCUT2D eigenvalue weighted by atomic mass is 9.99. The minimum Gasteiger partial charge on any atom is -0.359 e. The first-order chi connectivity index (χ1) is 10.6. The van der Waals surface area contributed by atoms with Crippen molar-refractivity contribution in [3.05, 3.63) is 60.4 Å². The molecule has 2 heterocycles. The van der Waals surface area contributed by atoms with Gasteiger partial charge in [-0.05, 0) is 43.9 Å². The first kappa shape index (κ1) is 14.4. The first-order valence-electron chi connectivity index (χ1n) is 6.95. The molecule has 0 aliphatic rings. The molecule has 112 valence electrons. The number of nitrogens with zero attached hydrogens (tertiary/aromatic N) is 3. The van der Waals surface area contributed by atoms with E-state index in [1.54, 1.807) is 24.5 Å². The Morgan fingerprint density at radius 3 is 2.32 bits per heavy atom. The zero-order valence-corrected chi connectivity index (χ0v) is 12.5. The molecule has 22 heavy (non-hydrogen) atoms. The Labute approximate surface area is 128 Å². The lowest BCUT2D eigenvalue weighted by Crippen LogP contribution is -2.10. The molecule has 0 atom stereocenters. The maximum atomic E-state index is 13.2. The van der Waals surface area contributed by atoms with E-state index >= 15 is 0 Å². The molecule has 4 nitrogen and oxygen atoms in total. The van der Waals surface area contributed by atoms with Gasteiger partial charge in [-0.2, -0.15) is 0 Å². The molecule has 5 heteroatoms. The van der Waals surface area contributed by atoms with Crippen LogP contribution in [0.25, 0.3) is 22.4 Å². The third kappa shape index (κ3) is 2.89. The SMILES string of the molecule is CN(C)Cc1onc(-c2ccncc2)c1-c1ccc(F)cc1. The molecule has 3 rings (SSSR count). The quantitative estimate of drug-likeness (QED) is 0.738. The summed E-state index contributed by atoms with van der Waals surface area (Å²) >= 11 is 0. The third-order valence-electron chi connectivity index (χ3n) is 3.31. The summed E-state index contributed by atoms with van der Waals surface area (Å²) in [5, 5.41) is 4.22. The molecule has 2 aromatic heterocycles. The Kier molecular flexibility index (Phi) is 3.98. The summed E-state index contributed by atoms with van der Waals surface area (Å²) in [5.41, 5.74) is 3.43. The van der Waals surface area contributed by atoms with Gasteiger partial charge in [0.25, 0.3) is 0 Å². The highest BCUT2D eigenvalue weighted by Crippen LogP contribution is 2.34. The van der Waals surface area contributed by atoms with Crippen LogP contribution in [0.15, 0.2) is 53.3 Å². The standard InChI is InChI=1S/C17H16FN3O/c1-21(2)11-15-16(12-3-5-14(18)6-4-12)17(20-22-15)13-7-9-19-10-8-13/h3-10H,11H2,1-2H3. The molecule has 3 aromatic rings. The second-order valence-corrected chi connectivity index (χ2v) is 5.31. The average Bonchev–Trinajstić information content (AvgIpc) is 2.92. The molecule has 0 unspecified atom stereocenters. The van der Waals surface area contributed by atoms with Crippen molar-refractivity contribution in [2.75, 3.05) is 14.1 Å². The van der Waals surface area contributed by atoms with Crippen molar-refractivity contribution in [1.82, 2.24) is 15.0 Å². The van der Waals surface area contributed by atoms with Crippen molar-refractivity contribution in [2.24, 2.45) is 0 Å². The van der Waals surface area contributed by atoms with Crippen molar-refractivity contribution in [1.29, 1.82) is 0 Å². The average molecular weight is 297 g/mol. The minimum absolute atomic E-state index is 0.264. The van der Waals surface area contributed by atoms with Crippen molar-refractivity contribution >= 4 is 0 Å². The van der Waals surface area contributed by atoms with Crippen LogP contribution in [0.3, 0.4) is 0 Å². The number of aromatic nitrogens is 2. The Balaban J connectivity index is 2.15. The van der Waals surface area contributed by atoms with E-state index in [1.807, 2.05) is 31.1 Å². The van der Waals surface area contributed by atoms with Gasteiger partial charge in [-0.1, -0.05) is 17.3 Å². The minimum atomic E-state index is -0.264. The van der Waals surface area contributed by atoms with Crippen LogP contribution in [-0.2, 0) is 6.54 Å². The van der Waals surface area contributed by atoms with E-state index in [-0.39, 0.29) is 5.82 Å². The van der Waals surface area contributed by atoms with Crippen molar-refractivity contribution < 1.29 is 8.91 Å². The van der Waals surface area contributed by atoms with Gasteiger partial charge in [-0.3, -0.25) is 4.98 Å². The summed E-state index contributed by atoms with van der Waals surface area (Å²) in [5.74, 6) is 0.489. The molecule has 0 saturated heterocycles. The van der Waals surface area contributed by atoms with E-state index in [2.05, 4.69) is 10.1 Å². The summed E-state index contributed by atoms with van der Waals surface area (Å²) in [6.07, 6.45) is 3.42. The van der Waals surface area contributed by atoms with E-state index in [0.29, 0.717) is 6.54 Å². The van der Waals surface area contributed by atoms with Gasteiger partial charge in [0.05, 0.1) is 12.1 Å². The van der Waals surface area contributed by atoms with Crippen molar-refractivity contribution in [3.63, 3.8) is 0 Å². The molecular formula is C17H16FN3O. The van der Waals surface area contributed by atoms with Gasteiger partial charge >= 0.3 is 0 Å². The molecule has 0 saturated carbocycles. The predicted octanol–water partition coefficient (Wildman–Crippen LogP) is 3.60. The van der Waals surface area contributed by atoms with Gasteiger partial charge in [-0.25, -0.2) is 4.39 Å². The van der Waals surface area contributed by atoms with Crippen molar-refractivity contribution in [2.45, 2.75) is 6.54 Å². The highest BCUT2D eigenvalue weighted by Gasteiger charge is 2.19. The van der Waals surface area contributed by atoms with Crippen LogP contribution in [-0.4, -0.2) is 29.1 Å². The number of hydrogen-bond donors (Lipinski definition) is 0. The van der Waals surface area contributed by atoms with Gasteiger partial charge in [0, 0.05) is 18.0 Å². The van der Waals surface area contributed by atoms with E-state index in [0.717, 1.165) is 28.1 Å². The molecule has 0 aliphatic carbocycles. The largest absolute Gasteiger partial charge is 0.359 e. The molecule has 0 radical (unpaired) electrons. The number of hydrogen-bond acceptors (Lipinski definition) is 4.